The Labute approximate surface area is 115 Å². The lowest BCUT2D eigenvalue weighted by Crippen LogP contribution is -2.12. The van der Waals surface area contributed by atoms with Gasteiger partial charge in [-0.3, -0.25) is 4.79 Å². The van der Waals surface area contributed by atoms with Crippen LogP contribution in [-0.2, 0) is 6.54 Å². The van der Waals surface area contributed by atoms with Gasteiger partial charge in [0.2, 0.25) is 0 Å². The summed E-state index contributed by atoms with van der Waals surface area (Å²) in [6, 6.07) is 4.24. The maximum absolute atomic E-state index is 13.0. The molecular formula is C11H9BrFN3OS. The summed E-state index contributed by atoms with van der Waals surface area (Å²) < 4.78 is 13.3. The van der Waals surface area contributed by atoms with Crippen LogP contribution < -0.4 is 11.1 Å². The van der Waals surface area contributed by atoms with Crippen LogP contribution in [0, 0.1) is 5.82 Å². The number of halogens is 2. The Balaban J connectivity index is 2.13. The van der Waals surface area contributed by atoms with Crippen molar-refractivity contribution in [3.05, 3.63) is 44.6 Å². The molecule has 3 N–H and O–H groups in total. The summed E-state index contributed by atoms with van der Waals surface area (Å²) in [6.07, 6.45) is 0. The molecule has 0 radical (unpaired) electrons. The number of amides is 1. The second kappa shape index (κ2) is 5.55. The first-order valence-electron chi connectivity index (χ1n) is 5.01. The van der Waals surface area contributed by atoms with Crippen LogP contribution in [0.25, 0.3) is 0 Å². The predicted molar refractivity (Wildman–Crippen MR) is 72.1 cm³/mol. The van der Waals surface area contributed by atoms with Gasteiger partial charge in [-0.1, -0.05) is 0 Å². The fourth-order valence-electron chi connectivity index (χ4n) is 1.28. The SMILES string of the molecule is NCc1nc(C(=O)Nc2ccc(F)c(Br)c2)cs1. The van der Waals surface area contributed by atoms with Crippen molar-refractivity contribution in [1.29, 1.82) is 0 Å². The van der Waals surface area contributed by atoms with E-state index in [4.69, 9.17) is 5.73 Å². The van der Waals surface area contributed by atoms with E-state index in [9.17, 15) is 9.18 Å². The zero-order valence-electron chi connectivity index (χ0n) is 9.11. The van der Waals surface area contributed by atoms with E-state index in [1.54, 1.807) is 5.38 Å². The summed E-state index contributed by atoms with van der Waals surface area (Å²) in [5.41, 5.74) is 6.22. The molecular weight excluding hydrogens is 321 g/mol. The molecule has 7 heteroatoms. The van der Waals surface area contributed by atoms with E-state index in [0.29, 0.717) is 27.4 Å². The molecule has 2 aromatic rings. The number of thiazole rings is 1. The summed E-state index contributed by atoms with van der Waals surface area (Å²) in [4.78, 5) is 15.9. The van der Waals surface area contributed by atoms with Crippen molar-refractivity contribution in [3.63, 3.8) is 0 Å². The maximum Gasteiger partial charge on any atom is 0.275 e. The summed E-state index contributed by atoms with van der Waals surface area (Å²) in [5, 5.41) is 4.96. The average Bonchev–Trinajstić information content (AvgIpc) is 2.82. The summed E-state index contributed by atoms with van der Waals surface area (Å²) >= 11 is 4.38. The summed E-state index contributed by atoms with van der Waals surface area (Å²) in [5.74, 6) is -0.725. The van der Waals surface area contributed by atoms with Gasteiger partial charge in [-0.2, -0.15) is 0 Å². The molecule has 0 spiro atoms. The molecule has 0 unspecified atom stereocenters. The van der Waals surface area contributed by atoms with Gasteiger partial charge in [0, 0.05) is 17.6 Å². The largest absolute Gasteiger partial charge is 0.325 e. The van der Waals surface area contributed by atoms with Crippen LogP contribution in [0.1, 0.15) is 15.5 Å². The second-order valence-corrected chi connectivity index (χ2v) is 5.21. The van der Waals surface area contributed by atoms with Crippen LogP contribution in [0.3, 0.4) is 0 Å². The predicted octanol–water partition coefficient (Wildman–Crippen LogP) is 2.76. The molecule has 1 aromatic heterocycles. The van der Waals surface area contributed by atoms with E-state index < -0.39 is 0 Å². The Morgan fingerprint density at radius 3 is 2.94 bits per heavy atom. The third-order valence-corrected chi connectivity index (χ3v) is 3.62. The van der Waals surface area contributed by atoms with E-state index in [-0.39, 0.29) is 11.7 Å². The summed E-state index contributed by atoms with van der Waals surface area (Å²) in [6.45, 7) is 0.306. The topological polar surface area (TPSA) is 68.0 Å². The van der Waals surface area contributed by atoms with E-state index in [1.165, 1.54) is 29.5 Å². The number of hydrogen-bond donors (Lipinski definition) is 2. The van der Waals surface area contributed by atoms with E-state index in [1.807, 2.05) is 0 Å². The number of carbonyl (C=O) groups excluding carboxylic acids is 1. The first kappa shape index (κ1) is 13.1. The number of carbonyl (C=O) groups is 1. The Morgan fingerprint density at radius 2 is 2.33 bits per heavy atom. The van der Waals surface area contributed by atoms with Crippen molar-refractivity contribution in [3.8, 4) is 0 Å². The number of rotatable bonds is 3. The molecule has 1 heterocycles. The van der Waals surface area contributed by atoms with Gasteiger partial charge >= 0.3 is 0 Å². The summed E-state index contributed by atoms with van der Waals surface area (Å²) in [7, 11) is 0. The first-order chi connectivity index (χ1) is 8.60. The zero-order valence-corrected chi connectivity index (χ0v) is 11.5. The van der Waals surface area contributed by atoms with Gasteiger partial charge in [-0.15, -0.1) is 11.3 Å². The third-order valence-electron chi connectivity index (χ3n) is 2.14. The molecule has 0 aliphatic heterocycles. The molecule has 2 rings (SSSR count). The molecule has 0 fully saturated rings. The minimum Gasteiger partial charge on any atom is -0.325 e. The van der Waals surface area contributed by atoms with Crippen LogP contribution in [-0.4, -0.2) is 10.9 Å². The fraction of sp³-hybridized carbons (Fsp3) is 0.0909. The Hall–Kier alpha value is -1.31. The highest BCUT2D eigenvalue weighted by Gasteiger charge is 2.11. The molecule has 1 aromatic carbocycles. The molecule has 1 amide bonds. The van der Waals surface area contributed by atoms with Gasteiger partial charge in [0.25, 0.3) is 5.91 Å². The third kappa shape index (κ3) is 2.92. The minimum atomic E-state index is -0.382. The highest BCUT2D eigenvalue weighted by molar-refractivity contribution is 9.10. The number of nitrogens with one attached hydrogen (secondary N) is 1. The number of anilines is 1. The number of nitrogens with zero attached hydrogens (tertiary/aromatic N) is 1. The highest BCUT2D eigenvalue weighted by atomic mass is 79.9. The lowest BCUT2D eigenvalue weighted by Gasteiger charge is -2.04. The Kier molecular flexibility index (Phi) is 4.05. The van der Waals surface area contributed by atoms with E-state index in [2.05, 4.69) is 26.2 Å². The lowest BCUT2D eigenvalue weighted by atomic mass is 10.3. The van der Waals surface area contributed by atoms with Crippen molar-refractivity contribution in [2.75, 3.05) is 5.32 Å². The number of benzene rings is 1. The van der Waals surface area contributed by atoms with Crippen LogP contribution >= 0.6 is 27.3 Å². The van der Waals surface area contributed by atoms with Crippen LogP contribution in [0.5, 0.6) is 0 Å². The molecule has 0 atom stereocenters. The fourth-order valence-corrected chi connectivity index (χ4v) is 2.31. The molecule has 4 nitrogen and oxygen atoms in total. The highest BCUT2D eigenvalue weighted by Crippen LogP contribution is 2.20. The van der Waals surface area contributed by atoms with Crippen LogP contribution in [0.4, 0.5) is 10.1 Å². The molecule has 0 aliphatic rings. The van der Waals surface area contributed by atoms with Gasteiger partial charge in [-0.05, 0) is 34.1 Å². The van der Waals surface area contributed by atoms with Crippen LogP contribution in [0.15, 0.2) is 28.1 Å². The number of aromatic nitrogens is 1. The molecule has 18 heavy (non-hydrogen) atoms. The van der Waals surface area contributed by atoms with E-state index in [0.717, 1.165) is 0 Å². The number of hydrogen-bond acceptors (Lipinski definition) is 4. The van der Waals surface area contributed by atoms with Crippen molar-refractivity contribution in [1.82, 2.24) is 4.98 Å². The van der Waals surface area contributed by atoms with Gasteiger partial charge in [0.15, 0.2) is 0 Å². The molecule has 0 bridgehead atoms. The van der Waals surface area contributed by atoms with Gasteiger partial charge in [-0.25, -0.2) is 9.37 Å². The Bertz CT molecular complexity index is 587. The normalized spacial score (nSPS) is 10.4. The van der Waals surface area contributed by atoms with Crippen LogP contribution in [0.2, 0.25) is 0 Å². The zero-order chi connectivity index (χ0) is 13.1. The van der Waals surface area contributed by atoms with Crippen molar-refractivity contribution in [2.24, 2.45) is 5.73 Å². The molecule has 0 saturated heterocycles. The van der Waals surface area contributed by atoms with Gasteiger partial charge in [0.1, 0.15) is 16.5 Å². The van der Waals surface area contributed by atoms with Gasteiger partial charge in [0.05, 0.1) is 4.47 Å². The smallest absolute Gasteiger partial charge is 0.275 e. The van der Waals surface area contributed by atoms with Crippen molar-refractivity contribution < 1.29 is 9.18 Å². The monoisotopic (exact) mass is 329 g/mol. The second-order valence-electron chi connectivity index (χ2n) is 3.41. The van der Waals surface area contributed by atoms with Gasteiger partial charge < -0.3 is 11.1 Å². The quantitative estimate of drug-likeness (QED) is 0.909. The molecule has 94 valence electrons. The standard InChI is InChI=1S/C11H9BrFN3OS/c12-7-3-6(1-2-8(7)13)15-11(17)9-5-18-10(4-14)16-9/h1-3,5H,4,14H2,(H,15,17). The average molecular weight is 330 g/mol. The lowest BCUT2D eigenvalue weighted by molar-refractivity contribution is 0.102. The molecule has 0 saturated carbocycles. The van der Waals surface area contributed by atoms with Crippen molar-refractivity contribution in [2.45, 2.75) is 6.54 Å². The Morgan fingerprint density at radius 1 is 1.56 bits per heavy atom. The minimum absolute atomic E-state index is 0.293. The first-order valence-corrected chi connectivity index (χ1v) is 6.68. The molecule has 0 aliphatic carbocycles. The van der Waals surface area contributed by atoms with E-state index >= 15 is 0 Å². The van der Waals surface area contributed by atoms with Crippen molar-refractivity contribution >= 4 is 38.9 Å². The number of nitrogens with two attached hydrogens (primary N) is 1. The maximum atomic E-state index is 13.0.